The Bertz CT molecular complexity index is 562. The van der Waals surface area contributed by atoms with E-state index in [1.165, 1.54) is 6.07 Å². The third-order valence-corrected chi connectivity index (χ3v) is 3.56. The fourth-order valence-electron chi connectivity index (χ4n) is 1.27. The number of rotatable bonds is 2. The maximum atomic E-state index is 13.3. The monoisotopic (exact) mass is 407 g/mol. The van der Waals surface area contributed by atoms with E-state index in [1.54, 1.807) is 30.3 Å². The second-order valence-electron chi connectivity index (χ2n) is 3.37. The van der Waals surface area contributed by atoms with Crippen molar-refractivity contribution < 1.29 is 9.13 Å². The number of hydrogen-bond donors (Lipinski definition) is 1. The lowest BCUT2D eigenvalue weighted by Gasteiger charge is -2.08. The van der Waals surface area contributed by atoms with Crippen LogP contribution < -0.4 is 10.5 Å². The summed E-state index contributed by atoms with van der Waals surface area (Å²) in [6.07, 6.45) is 0. The third kappa shape index (κ3) is 3.10. The summed E-state index contributed by atoms with van der Waals surface area (Å²) in [5.74, 6) is 0.753. The van der Waals surface area contributed by atoms with Crippen molar-refractivity contribution in [3.8, 4) is 11.5 Å². The topological polar surface area (TPSA) is 35.2 Å². The predicted octanol–water partition coefficient (Wildman–Crippen LogP) is 4.57. The highest BCUT2D eigenvalue weighted by Gasteiger charge is 2.05. The highest BCUT2D eigenvalue weighted by molar-refractivity contribution is 14.1. The summed E-state index contributed by atoms with van der Waals surface area (Å²) in [5, 5.41) is 0. The number of anilines is 1. The van der Waals surface area contributed by atoms with Gasteiger partial charge < -0.3 is 10.5 Å². The van der Waals surface area contributed by atoms with Crippen molar-refractivity contribution >= 4 is 44.2 Å². The van der Waals surface area contributed by atoms with Gasteiger partial charge in [-0.3, -0.25) is 0 Å². The Balaban J connectivity index is 2.28. The molecule has 0 aliphatic carbocycles. The van der Waals surface area contributed by atoms with Crippen molar-refractivity contribution in [3.63, 3.8) is 0 Å². The molecule has 0 heterocycles. The summed E-state index contributed by atoms with van der Waals surface area (Å²) < 4.78 is 20.2. The predicted molar refractivity (Wildman–Crippen MR) is 77.7 cm³/mol. The van der Waals surface area contributed by atoms with Gasteiger partial charge in [0.1, 0.15) is 17.3 Å². The van der Waals surface area contributed by atoms with Crippen LogP contribution in [-0.4, -0.2) is 0 Å². The van der Waals surface area contributed by atoms with Gasteiger partial charge in [-0.25, -0.2) is 4.39 Å². The molecule has 0 atom stereocenters. The van der Waals surface area contributed by atoms with Gasteiger partial charge in [0.2, 0.25) is 0 Å². The quantitative estimate of drug-likeness (QED) is 0.584. The van der Waals surface area contributed by atoms with E-state index in [0.29, 0.717) is 21.7 Å². The average Bonchev–Trinajstić information content (AvgIpc) is 2.27. The van der Waals surface area contributed by atoms with Crippen molar-refractivity contribution in [2.75, 3.05) is 5.73 Å². The van der Waals surface area contributed by atoms with Gasteiger partial charge in [0.05, 0.1) is 8.04 Å². The van der Waals surface area contributed by atoms with Crippen molar-refractivity contribution in [1.82, 2.24) is 0 Å². The van der Waals surface area contributed by atoms with Gasteiger partial charge in [-0.15, -0.1) is 0 Å². The Morgan fingerprint density at radius 3 is 2.59 bits per heavy atom. The zero-order valence-electron chi connectivity index (χ0n) is 8.58. The Hall–Kier alpha value is -0.820. The molecule has 0 aliphatic rings. The number of nitrogen functional groups attached to an aromatic ring is 1. The highest BCUT2D eigenvalue weighted by Crippen LogP contribution is 2.30. The van der Waals surface area contributed by atoms with Gasteiger partial charge in [0.15, 0.2) is 0 Å². The van der Waals surface area contributed by atoms with Crippen LogP contribution in [0.15, 0.2) is 40.9 Å². The second-order valence-corrected chi connectivity index (χ2v) is 5.38. The van der Waals surface area contributed by atoms with Crippen molar-refractivity contribution in [3.05, 3.63) is 50.3 Å². The molecular weight excluding hydrogens is 400 g/mol. The molecule has 2 aromatic rings. The molecule has 0 bridgehead atoms. The molecule has 0 aromatic heterocycles. The number of hydrogen-bond acceptors (Lipinski definition) is 2. The minimum absolute atomic E-state index is 0.354. The first-order valence-electron chi connectivity index (χ1n) is 4.74. The standard InChI is InChI=1S/C12H8BrFINO/c13-9-3-2-8(6-10(9)14)17-12-4-1-7(16)5-11(12)15/h1-6H,16H2. The summed E-state index contributed by atoms with van der Waals surface area (Å²) in [7, 11) is 0. The molecule has 0 radical (unpaired) electrons. The molecule has 88 valence electrons. The van der Waals surface area contributed by atoms with Crippen LogP contribution in [0.5, 0.6) is 11.5 Å². The molecule has 5 heteroatoms. The van der Waals surface area contributed by atoms with Gasteiger partial charge in [-0.05, 0) is 68.9 Å². The van der Waals surface area contributed by atoms with Gasteiger partial charge in [-0.2, -0.15) is 0 Å². The minimum atomic E-state index is -0.354. The van der Waals surface area contributed by atoms with Gasteiger partial charge in [0.25, 0.3) is 0 Å². The number of benzene rings is 2. The summed E-state index contributed by atoms with van der Waals surface area (Å²) in [5.41, 5.74) is 6.31. The lowest BCUT2D eigenvalue weighted by molar-refractivity contribution is 0.473. The average molecular weight is 408 g/mol. The molecule has 0 unspecified atom stereocenters. The molecule has 2 rings (SSSR count). The Morgan fingerprint density at radius 1 is 1.18 bits per heavy atom. The largest absolute Gasteiger partial charge is 0.456 e. The van der Waals surface area contributed by atoms with E-state index >= 15 is 0 Å². The Morgan fingerprint density at radius 2 is 1.94 bits per heavy atom. The van der Waals surface area contributed by atoms with E-state index in [9.17, 15) is 4.39 Å². The van der Waals surface area contributed by atoms with Crippen LogP contribution in [0.3, 0.4) is 0 Å². The van der Waals surface area contributed by atoms with Crippen LogP contribution >= 0.6 is 38.5 Å². The molecule has 0 fully saturated rings. The van der Waals surface area contributed by atoms with E-state index in [4.69, 9.17) is 10.5 Å². The molecule has 2 N–H and O–H groups in total. The molecule has 0 spiro atoms. The van der Waals surface area contributed by atoms with Crippen molar-refractivity contribution in [2.45, 2.75) is 0 Å². The van der Waals surface area contributed by atoms with Crippen LogP contribution in [0, 0.1) is 9.39 Å². The first-order valence-corrected chi connectivity index (χ1v) is 6.61. The molecule has 0 amide bonds. The minimum Gasteiger partial charge on any atom is -0.456 e. The second kappa shape index (κ2) is 5.22. The highest BCUT2D eigenvalue weighted by atomic mass is 127. The van der Waals surface area contributed by atoms with E-state index in [2.05, 4.69) is 38.5 Å². The molecule has 2 aromatic carbocycles. The van der Waals surface area contributed by atoms with E-state index in [0.717, 1.165) is 3.57 Å². The molecular formula is C12H8BrFINO. The number of nitrogens with two attached hydrogens (primary N) is 1. The van der Waals surface area contributed by atoms with Crippen LogP contribution in [0.25, 0.3) is 0 Å². The van der Waals surface area contributed by atoms with Crippen LogP contribution in [-0.2, 0) is 0 Å². The lowest BCUT2D eigenvalue weighted by atomic mass is 10.3. The smallest absolute Gasteiger partial charge is 0.141 e. The SMILES string of the molecule is Nc1ccc(Oc2ccc(Br)c(F)c2)c(I)c1. The maximum absolute atomic E-state index is 13.3. The van der Waals surface area contributed by atoms with Crippen LogP contribution in [0.1, 0.15) is 0 Å². The molecule has 0 saturated heterocycles. The van der Waals surface area contributed by atoms with E-state index < -0.39 is 0 Å². The van der Waals surface area contributed by atoms with Crippen molar-refractivity contribution in [2.24, 2.45) is 0 Å². The molecule has 17 heavy (non-hydrogen) atoms. The molecule has 0 aliphatic heterocycles. The maximum Gasteiger partial charge on any atom is 0.141 e. The lowest BCUT2D eigenvalue weighted by Crippen LogP contribution is -1.91. The third-order valence-electron chi connectivity index (χ3n) is 2.07. The van der Waals surface area contributed by atoms with E-state index in [1.807, 2.05) is 0 Å². The summed E-state index contributed by atoms with van der Waals surface area (Å²) in [6.45, 7) is 0. The summed E-state index contributed by atoms with van der Waals surface area (Å²) >= 11 is 5.21. The first kappa shape index (κ1) is 12.6. The summed E-state index contributed by atoms with van der Waals surface area (Å²) in [6, 6.07) is 9.93. The number of halogens is 3. The van der Waals surface area contributed by atoms with Crippen molar-refractivity contribution in [1.29, 1.82) is 0 Å². The number of ether oxygens (including phenoxy) is 1. The normalized spacial score (nSPS) is 10.3. The van der Waals surface area contributed by atoms with E-state index in [-0.39, 0.29) is 5.82 Å². The zero-order chi connectivity index (χ0) is 12.4. The van der Waals surface area contributed by atoms with Crippen LogP contribution in [0.2, 0.25) is 0 Å². The molecule has 0 saturated carbocycles. The summed E-state index contributed by atoms with van der Waals surface area (Å²) in [4.78, 5) is 0. The zero-order valence-corrected chi connectivity index (χ0v) is 12.3. The molecule has 2 nitrogen and oxygen atoms in total. The fraction of sp³-hybridized carbons (Fsp3) is 0. The van der Waals surface area contributed by atoms with Gasteiger partial charge >= 0.3 is 0 Å². The van der Waals surface area contributed by atoms with Crippen LogP contribution in [0.4, 0.5) is 10.1 Å². The Labute approximate surface area is 120 Å². The van der Waals surface area contributed by atoms with Gasteiger partial charge in [-0.1, -0.05) is 0 Å². The fourth-order valence-corrected chi connectivity index (χ4v) is 2.16. The van der Waals surface area contributed by atoms with Gasteiger partial charge in [0, 0.05) is 11.8 Å². The first-order chi connectivity index (χ1) is 8.06. The Kier molecular flexibility index (Phi) is 3.88.